The lowest BCUT2D eigenvalue weighted by Crippen LogP contribution is -2.45. The first-order valence-electron chi connectivity index (χ1n) is 6.66. The summed E-state index contributed by atoms with van der Waals surface area (Å²) in [7, 11) is 0. The van der Waals surface area contributed by atoms with Gasteiger partial charge in [0.1, 0.15) is 5.60 Å². The molecule has 0 aliphatic carbocycles. The second-order valence-electron chi connectivity index (χ2n) is 6.76. The molecule has 1 fully saturated rings. The number of hydrogen-bond acceptors (Lipinski definition) is 2. The molecular formula is C14H27NO2. The molecule has 1 saturated heterocycles. The van der Waals surface area contributed by atoms with Gasteiger partial charge in [0.05, 0.1) is 0 Å². The standard InChI is InChI=1S/C14H27NO2/c1-7-8-11-9-14(5,6)15(10-11)12(16)17-13(2,3)4/h11H,7-10H2,1-6H3/t11-/m0/s1. The lowest BCUT2D eigenvalue weighted by Gasteiger charge is -2.33. The van der Waals surface area contributed by atoms with Gasteiger partial charge in [0.25, 0.3) is 0 Å². The molecule has 1 atom stereocenters. The third kappa shape index (κ3) is 3.90. The fraction of sp³-hybridized carbons (Fsp3) is 0.929. The molecule has 0 N–H and O–H groups in total. The SMILES string of the molecule is CCC[C@@H]1CN(C(=O)OC(C)(C)C)C(C)(C)C1. The van der Waals surface area contributed by atoms with Crippen molar-refractivity contribution in [3.8, 4) is 0 Å². The van der Waals surface area contributed by atoms with E-state index in [0.29, 0.717) is 5.92 Å². The first kappa shape index (κ1) is 14.3. The number of rotatable bonds is 2. The smallest absolute Gasteiger partial charge is 0.410 e. The fourth-order valence-electron chi connectivity index (χ4n) is 2.63. The van der Waals surface area contributed by atoms with E-state index in [1.165, 1.54) is 12.8 Å². The van der Waals surface area contributed by atoms with E-state index >= 15 is 0 Å². The summed E-state index contributed by atoms with van der Waals surface area (Å²) in [5.74, 6) is 0.627. The monoisotopic (exact) mass is 241 g/mol. The van der Waals surface area contributed by atoms with Crippen LogP contribution in [0.3, 0.4) is 0 Å². The normalized spacial score (nSPS) is 23.9. The molecule has 0 radical (unpaired) electrons. The highest BCUT2D eigenvalue weighted by atomic mass is 16.6. The summed E-state index contributed by atoms with van der Waals surface area (Å²) in [4.78, 5) is 14.0. The fourth-order valence-corrected chi connectivity index (χ4v) is 2.63. The minimum absolute atomic E-state index is 0.0673. The highest BCUT2D eigenvalue weighted by Crippen LogP contribution is 2.35. The van der Waals surface area contributed by atoms with Gasteiger partial charge in [-0.1, -0.05) is 13.3 Å². The average Bonchev–Trinajstić information content (AvgIpc) is 2.38. The Morgan fingerprint density at radius 2 is 2.00 bits per heavy atom. The van der Waals surface area contributed by atoms with E-state index in [9.17, 15) is 4.79 Å². The summed E-state index contributed by atoms with van der Waals surface area (Å²) < 4.78 is 5.47. The van der Waals surface area contributed by atoms with E-state index in [1.54, 1.807) is 0 Å². The zero-order valence-corrected chi connectivity index (χ0v) is 12.2. The van der Waals surface area contributed by atoms with Gasteiger partial charge in [0.15, 0.2) is 0 Å². The van der Waals surface area contributed by atoms with Crippen LogP contribution >= 0.6 is 0 Å². The molecule has 1 rings (SSSR count). The minimum Gasteiger partial charge on any atom is -0.444 e. The van der Waals surface area contributed by atoms with Gasteiger partial charge in [-0.3, -0.25) is 0 Å². The molecule has 1 heterocycles. The molecule has 0 aromatic heterocycles. The molecule has 0 unspecified atom stereocenters. The second-order valence-corrected chi connectivity index (χ2v) is 6.76. The molecule has 3 heteroatoms. The maximum Gasteiger partial charge on any atom is 0.410 e. The van der Waals surface area contributed by atoms with Crippen LogP contribution in [0.4, 0.5) is 4.79 Å². The Kier molecular flexibility index (Phi) is 4.11. The first-order chi connectivity index (χ1) is 7.65. The molecule has 3 nitrogen and oxygen atoms in total. The van der Waals surface area contributed by atoms with Crippen molar-refractivity contribution < 1.29 is 9.53 Å². The summed E-state index contributed by atoms with van der Waals surface area (Å²) in [5, 5.41) is 0. The Bertz CT molecular complexity index is 278. The van der Waals surface area contributed by atoms with Crippen molar-refractivity contribution in [1.29, 1.82) is 0 Å². The van der Waals surface area contributed by atoms with Crippen LogP contribution in [-0.2, 0) is 4.74 Å². The molecule has 0 aromatic carbocycles. The van der Waals surface area contributed by atoms with E-state index < -0.39 is 5.60 Å². The van der Waals surface area contributed by atoms with Crippen molar-refractivity contribution in [1.82, 2.24) is 4.90 Å². The Morgan fingerprint density at radius 3 is 2.47 bits per heavy atom. The van der Waals surface area contributed by atoms with Crippen LogP contribution in [-0.4, -0.2) is 28.7 Å². The number of carbonyl (C=O) groups excluding carboxylic acids is 1. The topological polar surface area (TPSA) is 29.5 Å². The highest BCUT2D eigenvalue weighted by molar-refractivity contribution is 5.69. The highest BCUT2D eigenvalue weighted by Gasteiger charge is 2.42. The Balaban J connectivity index is 2.67. The maximum atomic E-state index is 12.1. The van der Waals surface area contributed by atoms with Crippen molar-refractivity contribution in [3.05, 3.63) is 0 Å². The predicted octanol–water partition coefficient (Wildman–Crippen LogP) is 3.82. The molecule has 0 saturated carbocycles. The summed E-state index contributed by atoms with van der Waals surface area (Å²) in [6.45, 7) is 13.0. The quantitative estimate of drug-likeness (QED) is 0.735. The summed E-state index contributed by atoms with van der Waals surface area (Å²) in [5.41, 5.74) is -0.474. The molecule has 1 amide bonds. The summed E-state index contributed by atoms with van der Waals surface area (Å²) in [6, 6.07) is 0. The second kappa shape index (κ2) is 4.87. The van der Waals surface area contributed by atoms with Crippen LogP contribution < -0.4 is 0 Å². The first-order valence-corrected chi connectivity index (χ1v) is 6.66. The maximum absolute atomic E-state index is 12.1. The molecule has 17 heavy (non-hydrogen) atoms. The van der Waals surface area contributed by atoms with Crippen molar-refractivity contribution in [3.63, 3.8) is 0 Å². The van der Waals surface area contributed by atoms with Gasteiger partial charge < -0.3 is 9.64 Å². The van der Waals surface area contributed by atoms with Crippen LogP contribution in [0, 0.1) is 5.92 Å². The van der Waals surface area contributed by atoms with Crippen LogP contribution in [0.5, 0.6) is 0 Å². The summed E-state index contributed by atoms with van der Waals surface area (Å²) >= 11 is 0. The van der Waals surface area contributed by atoms with E-state index in [2.05, 4.69) is 20.8 Å². The Hall–Kier alpha value is -0.730. The van der Waals surface area contributed by atoms with Crippen LogP contribution in [0.25, 0.3) is 0 Å². The van der Waals surface area contributed by atoms with Crippen molar-refractivity contribution in [2.24, 2.45) is 5.92 Å². The van der Waals surface area contributed by atoms with E-state index in [-0.39, 0.29) is 11.6 Å². The molecule has 100 valence electrons. The van der Waals surface area contributed by atoms with Gasteiger partial charge in [-0.2, -0.15) is 0 Å². The molecule has 0 spiro atoms. The average molecular weight is 241 g/mol. The molecule has 0 aromatic rings. The molecule has 1 aliphatic heterocycles. The number of ether oxygens (including phenoxy) is 1. The molecular weight excluding hydrogens is 214 g/mol. The largest absolute Gasteiger partial charge is 0.444 e. The van der Waals surface area contributed by atoms with Gasteiger partial charge in [0, 0.05) is 12.1 Å². The van der Waals surface area contributed by atoms with E-state index in [1.807, 2.05) is 25.7 Å². The number of nitrogens with zero attached hydrogens (tertiary/aromatic N) is 1. The van der Waals surface area contributed by atoms with Gasteiger partial charge >= 0.3 is 6.09 Å². The van der Waals surface area contributed by atoms with Gasteiger partial charge in [0.2, 0.25) is 0 Å². The van der Waals surface area contributed by atoms with Crippen LogP contribution in [0.2, 0.25) is 0 Å². The van der Waals surface area contributed by atoms with Crippen molar-refractivity contribution >= 4 is 6.09 Å². The summed E-state index contributed by atoms with van der Waals surface area (Å²) in [6.07, 6.45) is 3.30. The van der Waals surface area contributed by atoms with E-state index in [4.69, 9.17) is 4.74 Å². The zero-order valence-electron chi connectivity index (χ0n) is 12.2. The van der Waals surface area contributed by atoms with Crippen LogP contribution in [0.15, 0.2) is 0 Å². The third-order valence-corrected chi connectivity index (χ3v) is 3.27. The van der Waals surface area contributed by atoms with Crippen molar-refractivity contribution in [2.45, 2.75) is 71.9 Å². The molecule has 0 bridgehead atoms. The van der Waals surface area contributed by atoms with Gasteiger partial charge in [-0.05, 0) is 53.4 Å². The minimum atomic E-state index is -0.407. The van der Waals surface area contributed by atoms with Gasteiger partial charge in [-0.15, -0.1) is 0 Å². The number of amides is 1. The van der Waals surface area contributed by atoms with E-state index in [0.717, 1.165) is 13.0 Å². The lowest BCUT2D eigenvalue weighted by atomic mass is 9.94. The zero-order chi connectivity index (χ0) is 13.3. The molecule has 1 aliphatic rings. The number of hydrogen-bond donors (Lipinski definition) is 0. The Labute approximate surface area is 106 Å². The van der Waals surface area contributed by atoms with Crippen molar-refractivity contribution in [2.75, 3.05) is 6.54 Å². The Morgan fingerprint density at radius 1 is 1.41 bits per heavy atom. The van der Waals surface area contributed by atoms with Gasteiger partial charge in [-0.25, -0.2) is 4.79 Å². The third-order valence-electron chi connectivity index (χ3n) is 3.27. The predicted molar refractivity (Wildman–Crippen MR) is 70.0 cm³/mol. The van der Waals surface area contributed by atoms with Crippen LogP contribution in [0.1, 0.15) is 60.8 Å². The lowest BCUT2D eigenvalue weighted by molar-refractivity contribution is 0.0131. The number of likely N-dealkylation sites (tertiary alicyclic amines) is 1. The number of carbonyl (C=O) groups is 1.